The van der Waals surface area contributed by atoms with Crippen LogP contribution in [0, 0.1) is 0 Å². The second kappa shape index (κ2) is 4.89. The lowest BCUT2D eigenvalue weighted by Gasteiger charge is -2.04. The van der Waals surface area contributed by atoms with E-state index in [0.29, 0.717) is 0 Å². The van der Waals surface area contributed by atoms with E-state index in [0.717, 1.165) is 16.8 Å². The predicted molar refractivity (Wildman–Crippen MR) is 63.5 cm³/mol. The number of aromatic nitrogens is 2. The third-order valence-electron chi connectivity index (χ3n) is 1.93. The lowest BCUT2D eigenvalue weighted by atomic mass is 10.2. The van der Waals surface area contributed by atoms with Crippen molar-refractivity contribution in [2.45, 2.75) is 6.54 Å². The largest absolute Gasteiger partial charge is 0.365 e. The van der Waals surface area contributed by atoms with Gasteiger partial charge in [-0.3, -0.25) is 0 Å². The number of nitrogens with one attached hydrogen (secondary N) is 1. The van der Waals surface area contributed by atoms with Crippen LogP contribution in [0.15, 0.2) is 47.1 Å². The van der Waals surface area contributed by atoms with Gasteiger partial charge in [-0.2, -0.15) is 5.10 Å². The van der Waals surface area contributed by atoms with Gasteiger partial charge in [-0.1, -0.05) is 28.1 Å². The van der Waals surface area contributed by atoms with Crippen LogP contribution in [0.25, 0.3) is 0 Å². The maximum atomic E-state index is 3.94. The standard InChI is InChI=1S/C11H10BrN3/c12-10-4-1-3-9(7-10)8-13-11-5-2-6-14-15-11/h1-7H,8H2,(H,13,15). The molecule has 0 saturated heterocycles. The minimum atomic E-state index is 0.748. The first-order valence-corrected chi connectivity index (χ1v) is 5.40. The molecule has 1 aromatic carbocycles. The summed E-state index contributed by atoms with van der Waals surface area (Å²) in [4.78, 5) is 0. The molecule has 3 nitrogen and oxygen atoms in total. The Kier molecular flexibility index (Phi) is 3.29. The highest BCUT2D eigenvalue weighted by Gasteiger charge is 1.95. The minimum absolute atomic E-state index is 0.748. The van der Waals surface area contributed by atoms with E-state index in [-0.39, 0.29) is 0 Å². The van der Waals surface area contributed by atoms with Crippen molar-refractivity contribution in [3.05, 3.63) is 52.6 Å². The average molecular weight is 264 g/mol. The van der Waals surface area contributed by atoms with Crippen LogP contribution >= 0.6 is 15.9 Å². The van der Waals surface area contributed by atoms with Crippen LogP contribution < -0.4 is 5.32 Å². The van der Waals surface area contributed by atoms with Crippen molar-refractivity contribution in [1.82, 2.24) is 10.2 Å². The Labute approximate surface area is 96.7 Å². The molecular weight excluding hydrogens is 254 g/mol. The molecule has 1 heterocycles. The van der Waals surface area contributed by atoms with Gasteiger partial charge in [-0.25, -0.2) is 0 Å². The second-order valence-electron chi connectivity index (χ2n) is 3.09. The Hall–Kier alpha value is -1.42. The summed E-state index contributed by atoms with van der Waals surface area (Å²) in [5, 5.41) is 10.9. The molecule has 0 aliphatic rings. The average Bonchev–Trinajstić information content (AvgIpc) is 2.28. The molecular formula is C11H10BrN3. The molecule has 0 aliphatic heterocycles. The van der Waals surface area contributed by atoms with Gasteiger partial charge in [0, 0.05) is 17.2 Å². The summed E-state index contributed by atoms with van der Waals surface area (Å²) < 4.78 is 1.08. The van der Waals surface area contributed by atoms with E-state index in [2.05, 4.69) is 43.6 Å². The Morgan fingerprint density at radius 1 is 1.20 bits per heavy atom. The normalized spacial score (nSPS) is 9.93. The van der Waals surface area contributed by atoms with E-state index in [1.165, 1.54) is 5.56 Å². The topological polar surface area (TPSA) is 37.8 Å². The van der Waals surface area contributed by atoms with Gasteiger partial charge in [0.25, 0.3) is 0 Å². The highest BCUT2D eigenvalue weighted by atomic mass is 79.9. The van der Waals surface area contributed by atoms with Gasteiger partial charge >= 0.3 is 0 Å². The van der Waals surface area contributed by atoms with Crippen molar-refractivity contribution in [3.63, 3.8) is 0 Å². The third kappa shape index (κ3) is 3.02. The summed E-state index contributed by atoms with van der Waals surface area (Å²) in [6.45, 7) is 0.748. The number of hydrogen-bond acceptors (Lipinski definition) is 3. The van der Waals surface area contributed by atoms with Gasteiger partial charge in [0.1, 0.15) is 5.82 Å². The zero-order valence-corrected chi connectivity index (χ0v) is 9.61. The van der Waals surface area contributed by atoms with Crippen LogP contribution in [-0.4, -0.2) is 10.2 Å². The molecule has 76 valence electrons. The maximum Gasteiger partial charge on any atom is 0.148 e. The molecule has 0 unspecified atom stereocenters. The molecule has 1 N–H and O–H groups in total. The number of rotatable bonds is 3. The first kappa shape index (κ1) is 10.1. The SMILES string of the molecule is Brc1cccc(CNc2cccnn2)c1. The van der Waals surface area contributed by atoms with Crippen LogP contribution in [0.3, 0.4) is 0 Å². The maximum absolute atomic E-state index is 3.94. The van der Waals surface area contributed by atoms with Crippen LogP contribution in [0.1, 0.15) is 5.56 Å². The minimum Gasteiger partial charge on any atom is -0.365 e. The van der Waals surface area contributed by atoms with Crippen LogP contribution in [0.4, 0.5) is 5.82 Å². The predicted octanol–water partition coefficient (Wildman–Crippen LogP) is 2.85. The van der Waals surface area contributed by atoms with Crippen LogP contribution in [0.2, 0.25) is 0 Å². The third-order valence-corrected chi connectivity index (χ3v) is 2.43. The Morgan fingerprint density at radius 2 is 2.13 bits per heavy atom. The van der Waals surface area contributed by atoms with E-state index in [1.807, 2.05) is 24.3 Å². The number of benzene rings is 1. The number of anilines is 1. The van der Waals surface area contributed by atoms with Gasteiger partial charge in [-0.05, 0) is 29.8 Å². The molecule has 0 radical (unpaired) electrons. The molecule has 0 fully saturated rings. The smallest absolute Gasteiger partial charge is 0.148 e. The summed E-state index contributed by atoms with van der Waals surface area (Å²) in [5.41, 5.74) is 1.20. The first-order chi connectivity index (χ1) is 7.34. The van der Waals surface area contributed by atoms with Gasteiger partial charge in [0.15, 0.2) is 0 Å². The summed E-state index contributed by atoms with van der Waals surface area (Å²) >= 11 is 3.43. The Morgan fingerprint density at radius 3 is 2.87 bits per heavy atom. The molecule has 1 aromatic heterocycles. The monoisotopic (exact) mass is 263 g/mol. The zero-order valence-electron chi connectivity index (χ0n) is 8.02. The molecule has 2 rings (SSSR count). The Balaban J connectivity index is 1.99. The number of hydrogen-bond donors (Lipinski definition) is 1. The summed E-state index contributed by atoms with van der Waals surface area (Å²) in [6, 6.07) is 11.9. The number of nitrogens with zero attached hydrogens (tertiary/aromatic N) is 2. The quantitative estimate of drug-likeness (QED) is 0.926. The van der Waals surface area contributed by atoms with Crippen molar-refractivity contribution >= 4 is 21.7 Å². The van der Waals surface area contributed by atoms with Crippen molar-refractivity contribution in [2.75, 3.05) is 5.32 Å². The highest BCUT2D eigenvalue weighted by Crippen LogP contribution is 2.12. The fraction of sp³-hybridized carbons (Fsp3) is 0.0909. The lowest BCUT2D eigenvalue weighted by molar-refractivity contribution is 1.000. The molecule has 0 aliphatic carbocycles. The van der Waals surface area contributed by atoms with E-state index in [1.54, 1.807) is 6.20 Å². The van der Waals surface area contributed by atoms with Gasteiger partial charge in [0.2, 0.25) is 0 Å². The van der Waals surface area contributed by atoms with Crippen LogP contribution in [-0.2, 0) is 6.54 Å². The van der Waals surface area contributed by atoms with E-state index < -0.39 is 0 Å². The van der Waals surface area contributed by atoms with Crippen molar-refractivity contribution in [1.29, 1.82) is 0 Å². The molecule has 0 saturated carbocycles. The van der Waals surface area contributed by atoms with Gasteiger partial charge in [0.05, 0.1) is 0 Å². The summed E-state index contributed by atoms with van der Waals surface area (Å²) in [5.74, 6) is 0.789. The second-order valence-corrected chi connectivity index (χ2v) is 4.01. The van der Waals surface area contributed by atoms with Crippen molar-refractivity contribution < 1.29 is 0 Å². The molecule has 0 bridgehead atoms. The lowest BCUT2D eigenvalue weighted by Crippen LogP contribution is -2.01. The molecule has 2 aromatic rings. The molecule has 4 heteroatoms. The molecule has 0 spiro atoms. The molecule has 0 atom stereocenters. The van der Waals surface area contributed by atoms with Gasteiger partial charge in [-0.15, -0.1) is 5.10 Å². The van der Waals surface area contributed by atoms with E-state index in [4.69, 9.17) is 0 Å². The molecule has 15 heavy (non-hydrogen) atoms. The van der Waals surface area contributed by atoms with Crippen LogP contribution in [0.5, 0.6) is 0 Å². The highest BCUT2D eigenvalue weighted by molar-refractivity contribution is 9.10. The van der Waals surface area contributed by atoms with Crippen molar-refractivity contribution in [3.8, 4) is 0 Å². The summed E-state index contributed by atoms with van der Waals surface area (Å²) in [7, 11) is 0. The first-order valence-electron chi connectivity index (χ1n) is 4.60. The van der Waals surface area contributed by atoms with E-state index >= 15 is 0 Å². The van der Waals surface area contributed by atoms with E-state index in [9.17, 15) is 0 Å². The van der Waals surface area contributed by atoms with Gasteiger partial charge < -0.3 is 5.32 Å². The fourth-order valence-electron chi connectivity index (χ4n) is 1.24. The Bertz CT molecular complexity index is 431. The molecule has 0 amide bonds. The summed E-state index contributed by atoms with van der Waals surface area (Å²) in [6.07, 6.45) is 1.66. The fourth-order valence-corrected chi connectivity index (χ4v) is 1.68. The zero-order chi connectivity index (χ0) is 10.5. The number of halogens is 1. The van der Waals surface area contributed by atoms with Crippen molar-refractivity contribution in [2.24, 2.45) is 0 Å².